The Morgan fingerprint density at radius 2 is 1.84 bits per heavy atom. The molecular formula is C24H25N5O3. The lowest BCUT2D eigenvalue weighted by atomic mass is 10.1. The topological polar surface area (TPSA) is 91.2 Å². The van der Waals surface area contributed by atoms with Crippen molar-refractivity contribution < 1.29 is 14.3 Å². The summed E-state index contributed by atoms with van der Waals surface area (Å²) in [5.41, 5.74) is 3.67. The number of ether oxygens (including phenoxy) is 2. The minimum absolute atomic E-state index is 0.510. The van der Waals surface area contributed by atoms with E-state index in [-0.39, 0.29) is 0 Å². The third kappa shape index (κ3) is 4.69. The van der Waals surface area contributed by atoms with Crippen molar-refractivity contribution in [2.75, 3.05) is 12.4 Å². The molecule has 32 heavy (non-hydrogen) atoms. The third-order valence-corrected chi connectivity index (χ3v) is 4.71. The van der Waals surface area contributed by atoms with E-state index >= 15 is 0 Å². The molecule has 4 aromatic rings. The second-order valence-electron chi connectivity index (χ2n) is 8.29. The number of hydrogen-bond donors (Lipinski definition) is 1. The molecule has 0 saturated heterocycles. The van der Waals surface area contributed by atoms with Crippen molar-refractivity contribution in [1.29, 1.82) is 0 Å². The van der Waals surface area contributed by atoms with Crippen LogP contribution in [0.4, 0.5) is 10.5 Å². The Bertz CT molecular complexity index is 1250. The average molecular weight is 431 g/mol. The standard InChI is InChI=1S/C24H25N5O3/c1-24(2,3)32-23(30)28-19-12-17(31-4)10-11-18(19)20-21-22(26-14-25-20)29(15-27-21)13-16-8-6-5-7-9-16/h5-12,14-15H,13H2,1-4H3,(H,28,30). The number of benzene rings is 2. The molecule has 1 N–H and O–H groups in total. The predicted molar refractivity (Wildman–Crippen MR) is 123 cm³/mol. The number of nitrogens with one attached hydrogen (secondary N) is 1. The highest BCUT2D eigenvalue weighted by atomic mass is 16.6. The van der Waals surface area contributed by atoms with E-state index in [2.05, 4.69) is 32.4 Å². The van der Waals surface area contributed by atoms with E-state index in [4.69, 9.17) is 9.47 Å². The number of aromatic nitrogens is 4. The summed E-state index contributed by atoms with van der Waals surface area (Å²) in [5, 5.41) is 2.82. The van der Waals surface area contributed by atoms with Crippen molar-refractivity contribution >= 4 is 22.9 Å². The summed E-state index contributed by atoms with van der Waals surface area (Å²) in [6.07, 6.45) is 2.69. The number of anilines is 1. The Morgan fingerprint density at radius 1 is 1.06 bits per heavy atom. The maximum absolute atomic E-state index is 12.5. The van der Waals surface area contributed by atoms with Crippen LogP contribution in [0.1, 0.15) is 26.3 Å². The van der Waals surface area contributed by atoms with Crippen LogP contribution in [-0.4, -0.2) is 38.3 Å². The Hall–Kier alpha value is -3.94. The quantitative estimate of drug-likeness (QED) is 0.483. The molecular weight excluding hydrogens is 406 g/mol. The molecule has 164 valence electrons. The summed E-state index contributed by atoms with van der Waals surface area (Å²) < 4.78 is 12.7. The van der Waals surface area contributed by atoms with Gasteiger partial charge < -0.3 is 14.0 Å². The minimum Gasteiger partial charge on any atom is -0.497 e. The van der Waals surface area contributed by atoms with Crippen LogP contribution in [0.25, 0.3) is 22.4 Å². The fraction of sp³-hybridized carbons (Fsp3) is 0.250. The molecule has 8 heteroatoms. The molecule has 2 aromatic carbocycles. The highest BCUT2D eigenvalue weighted by Crippen LogP contribution is 2.34. The maximum atomic E-state index is 12.5. The monoisotopic (exact) mass is 431 g/mol. The van der Waals surface area contributed by atoms with Crippen LogP contribution in [0.3, 0.4) is 0 Å². The molecule has 0 bridgehead atoms. The van der Waals surface area contributed by atoms with Crippen molar-refractivity contribution in [3.63, 3.8) is 0 Å². The van der Waals surface area contributed by atoms with Gasteiger partial charge in [-0.1, -0.05) is 30.3 Å². The van der Waals surface area contributed by atoms with Gasteiger partial charge in [-0.05, 0) is 38.5 Å². The van der Waals surface area contributed by atoms with Gasteiger partial charge in [0, 0.05) is 11.6 Å². The van der Waals surface area contributed by atoms with E-state index < -0.39 is 11.7 Å². The second-order valence-corrected chi connectivity index (χ2v) is 8.29. The molecule has 0 saturated carbocycles. The zero-order valence-electron chi connectivity index (χ0n) is 18.5. The molecule has 0 aliphatic heterocycles. The normalized spacial score (nSPS) is 11.4. The number of amides is 1. The van der Waals surface area contributed by atoms with Crippen LogP contribution < -0.4 is 10.1 Å². The van der Waals surface area contributed by atoms with Gasteiger partial charge in [-0.3, -0.25) is 5.32 Å². The molecule has 0 unspecified atom stereocenters. The molecule has 0 spiro atoms. The Balaban J connectivity index is 1.74. The van der Waals surface area contributed by atoms with Gasteiger partial charge in [0.1, 0.15) is 28.9 Å². The summed E-state index contributed by atoms with van der Waals surface area (Å²) in [7, 11) is 1.57. The number of nitrogens with zero attached hydrogens (tertiary/aromatic N) is 4. The van der Waals surface area contributed by atoms with Gasteiger partial charge in [0.2, 0.25) is 0 Å². The molecule has 4 rings (SSSR count). The van der Waals surface area contributed by atoms with E-state index in [9.17, 15) is 4.79 Å². The first kappa shape index (κ1) is 21.3. The maximum Gasteiger partial charge on any atom is 0.412 e. The zero-order valence-corrected chi connectivity index (χ0v) is 18.5. The van der Waals surface area contributed by atoms with Gasteiger partial charge in [-0.25, -0.2) is 19.7 Å². The van der Waals surface area contributed by atoms with E-state index in [0.717, 1.165) is 5.56 Å². The van der Waals surface area contributed by atoms with Crippen LogP contribution >= 0.6 is 0 Å². The SMILES string of the molecule is COc1ccc(-c2ncnc3c2ncn3Cc2ccccc2)c(NC(=O)OC(C)(C)C)c1. The highest BCUT2D eigenvalue weighted by molar-refractivity contribution is 5.97. The van der Waals surface area contributed by atoms with Crippen LogP contribution in [0.5, 0.6) is 5.75 Å². The van der Waals surface area contributed by atoms with E-state index in [1.807, 2.05) is 55.7 Å². The Morgan fingerprint density at radius 3 is 2.56 bits per heavy atom. The summed E-state index contributed by atoms with van der Waals surface area (Å²) in [6, 6.07) is 15.5. The molecule has 8 nitrogen and oxygen atoms in total. The number of hydrogen-bond acceptors (Lipinski definition) is 6. The van der Waals surface area contributed by atoms with Crippen LogP contribution in [-0.2, 0) is 11.3 Å². The first-order valence-corrected chi connectivity index (χ1v) is 10.2. The number of fused-ring (bicyclic) bond motifs is 1. The van der Waals surface area contributed by atoms with E-state index in [1.165, 1.54) is 6.33 Å². The largest absolute Gasteiger partial charge is 0.497 e. The number of imidazole rings is 1. The van der Waals surface area contributed by atoms with Gasteiger partial charge in [0.05, 0.1) is 25.7 Å². The molecule has 1 amide bonds. The first-order chi connectivity index (χ1) is 15.3. The third-order valence-electron chi connectivity index (χ3n) is 4.71. The van der Waals surface area contributed by atoms with Crippen molar-refractivity contribution in [1.82, 2.24) is 19.5 Å². The summed E-state index contributed by atoms with van der Waals surface area (Å²) in [4.78, 5) is 26.0. The first-order valence-electron chi connectivity index (χ1n) is 10.2. The lowest BCUT2D eigenvalue weighted by molar-refractivity contribution is 0.0636. The van der Waals surface area contributed by atoms with Gasteiger partial charge in [0.25, 0.3) is 0 Å². The van der Waals surface area contributed by atoms with Crippen LogP contribution in [0.2, 0.25) is 0 Å². The van der Waals surface area contributed by atoms with E-state index in [0.29, 0.717) is 40.4 Å². The fourth-order valence-electron chi connectivity index (χ4n) is 3.35. The van der Waals surface area contributed by atoms with Crippen molar-refractivity contribution in [2.24, 2.45) is 0 Å². The van der Waals surface area contributed by atoms with Gasteiger partial charge in [-0.2, -0.15) is 0 Å². The molecule has 0 fully saturated rings. The smallest absolute Gasteiger partial charge is 0.412 e. The zero-order chi connectivity index (χ0) is 22.7. The van der Waals surface area contributed by atoms with Crippen molar-refractivity contribution in [3.05, 3.63) is 66.7 Å². The minimum atomic E-state index is -0.624. The highest BCUT2D eigenvalue weighted by Gasteiger charge is 2.20. The van der Waals surface area contributed by atoms with Gasteiger partial charge in [-0.15, -0.1) is 0 Å². The lowest BCUT2D eigenvalue weighted by Gasteiger charge is -2.20. The molecule has 2 heterocycles. The Kier molecular flexibility index (Phi) is 5.77. The number of carbonyl (C=O) groups excluding carboxylic acids is 1. The molecule has 2 aromatic heterocycles. The predicted octanol–water partition coefficient (Wildman–Crippen LogP) is 4.90. The summed E-state index contributed by atoms with van der Waals surface area (Å²) >= 11 is 0. The van der Waals surface area contributed by atoms with Crippen LogP contribution in [0.15, 0.2) is 61.2 Å². The van der Waals surface area contributed by atoms with Gasteiger partial charge >= 0.3 is 6.09 Å². The molecule has 0 aliphatic rings. The number of carbonyl (C=O) groups is 1. The fourth-order valence-corrected chi connectivity index (χ4v) is 3.35. The summed E-state index contributed by atoms with van der Waals surface area (Å²) in [5.74, 6) is 0.597. The summed E-state index contributed by atoms with van der Waals surface area (Å²) in [6.45, 7) is 6.07. The van der Waals surface area contributed by atoms with Crippen molar-refractivity contribution in [3.8, 4) is 17.0 Å². The second kappa shape index (κ2) is 8.66. The van der Waals surface area contributed by atoms with Gasteiger partial charge in [0.15, 0.2) is 5.65 Å². The van der Waals surface area contributed by atoms with Crippen LogP contribution in [0, 0.1) is 0 Å². The van der Waals surface area contributed by atoms with Crippen molar-refractivity contribution in [2.45, 2.75) is 32.9 Å². The van der Waals surface area contributed by atoms with E-state index in [1.54, 1.807) is 19.5 Å². The molecule has 0 radical (unpaired) electrons. The molecule has 0 atom stereocenters. The number of rotatable bonds is 5. The average Bonchev–Trinajstić information content (AvgIpc) is 3.16. The number of methoxy groups -OCH3 is 1. The lowest BCUT2D eigenvalue weighted by Crippen LogP contribution is -2.27. The Labute approximate surface area is 186 Å². The molecule has 0 aliphatic carbocycles.